The van der Waals surface area contributed by atoms with E-state index in [1.807, 2.05) is 6.08 Å². The van der Waals surface area contributed by atoms with Gasteiger partial charge in [0, 0.05) is 12.6 Å². The largest absolute Gasteiger partial charge is 0.279 e. The van der Waals surface area contributed by atoms with Crippen LogP contribution in [0.5, 0.6) is 0 Å². The van der Waals surface area contributed by atoms with Gasteiger partial charge in [0.25, 0.3) is 0 Å². The van der Waals surface area contributed by atoms with Crippen LogP contribution in [0, 0.1) is 0 Å². The monoisotopic (exact) mass is 261 g/mol. The molecule has 100 valence electrons. The quantitative estimate of drug-likeness (QED) is 0.737. The SMILES string of the molecule is C=CCN1[C@@H]2Cc3ccccc3[C@@]1(C)c1ccccc12. The Labute approximate surface area is 120 Å². The molecule has 2 atom stereocenters. The molecule has 1 nitrogen and oxygen atoms in total. The molecule has 0 saturated heterocycles. The van der Waals surface area contributed by atoms with Crippen molar-refractivity contribution < 1.29 is 0 Å². The second-order valence-electron chi connectivity index (χ2n) is 5.98. The molecule has 4 rings (SSSR count). The van der Waals surface area contributed by atoms with E-state index in [0.717, 1.165) is 13.0 Å². The van der Waals surface area contributed by atoms with Crippen LogP contribution in [0.2, 0.25) is 0 Å². The zero-order valence-corrected chi connectivity index (χ0v) is 11.8. The highest BCUT2D eigenvalue weighted by Gasteiger charge is 2.51. The summed E-state index contributed by atoms with van der Waals surface area (Å²) in [5, 5.41) is 0. The Balaban J connectivity index is 2.02. The molecule has 2 heterocycles. The Hall–Kier alpha value is -1.86. The molecule has 2 aromatic rings. The van der Waals surface area contributed by atoms with E-state index in [0.29, 0.717) is 6.04 Å². The maximum atomic E-state index is 3.96. The summed E-state index contributed by atoms with van der Waals surface area (Å²) in [6, 6.07) is 18.3. The highest BCUT2D eigenvalue weighted by Crippen LogP contribution is 2.55. The lowest BCUT2D eigenvalue weighted by Crippen LogP contribution is -2.45. The van der Waals surface area contributed by atoms with Crippen molar-refractivity contribution in [2.45, 2.75) is 24.9 Å². The van der Waals surface area contributed by atoms with E-state index in [4.69, 9.17) is 0 Å². The second kappa shape index (κ2) is 4.07. The van der Waals surface area contributed by atoms with Crippen molar-refractivity contribution in [2.24, 2.45) is 0 Å². The average Bonchev–Trinajstić information content (AvgIpc) is 2.65. The van der Waals surface area contributed by atoms with Crippen LogP contribution in [-0.2, 0) is 12.0 Å². The Bertz CT molecular complexity index is 675. The molecule has 0 fully saturated rings. The molecule has 0 aromatic heterocycles. The molecule has 0 spiro atoms. The van der Waals surface area contributed by atoms with Gasteiger partial charge >= 0.3 is 0 Å². The Morgan fingerprint density at radius 2 is 1.85 bits per heavy atom. The van der Waals surface area contributed by atoms with Crippen molar-refractivity contribution >= 4 is 0 Å². The first-order valence-electron chi connectivity index (χ1n) is 7.32. The molecule has 2 aliphatic heterocycles. The maximum Gasteiger partial charge on any atom is 0.0700 e. The number of hydrogen-bond acceptors (Lipinski definition) is 1. The summed E-state index contributed by atoms with van der Waals surface area (Å²) >= 11 is 0. The molecule has 2 bridgehead atoms. The van der Waals surface area contributed by atoms with E-state index < -0.39 is 0 Å². The summed E-state index contributed by atoms with van der Waals surface area (Å²) in [6.45, 7) is 7.26. The minimum Gasteiger partial charge on any atom is -0.279 e. The van der Waals surface area contributed by atoms with Gasteiger partial charge in [-0.1, -0.05) is 54.6 Å². The van der Waals surface area contributed by atoms with Crippen LogP contribution in [-0.4, -0.2) is 11.4 Å². The predicted octanol–water partition coefficient (Wildman–Crippen LogP) is 4.05. The number of benzene rings is 2. The molecule has 0 saturated carbocycles. The molecule has 0 amide bonds. The summed E-state index contributed by atoms with van der Waals surface area (Å²) in [5.41, 5.74) is 5.91. The van der Waals surface area contributed by atoms with Gasteiger partial charge in [-0.25, -0.2) is 0 Å². The molecule has 0 unspecified atom stereocenters. The number of hydrogen-bond donors (Lipinski definition) is 0. The number of rotatable bonds is 2. The lowest BCUT2D eigenvalue weighted by Gasteiger charge is -2.44. The van der Waals surface area contributed by atoms with Crippen LogP contribution in [0.4, 0.5) is 0 Å². The molecule has 2 aliphatic rings. The van der Waals surface area contributed by atoms with Gasteiger partial charge in [-0.2, -0.15) is 0 Å². The minimum absolute atomic E-state index is 0.00963. The highest BCUT2D eigenvalue weighted by atomic mass is 15.3. The van der Waals surface area contributed by atoms with Crippen LogP contribution < -0.4 is 0 Å². The van der Waals surface area contributed by atoms with E-state index in [-0.39, 0.29) is 5.54 Å². The molecule has 0 N–H and O–H groups in total. The van der Waals surface area contributed by atoms with Crippen LogP contribution in [0.3, 0.4) is 0 Å². The maximum absolute atomic E-state index is 3.96. The fourth-order valence-corrected chi connectivity index (χ4v) is 4.22. The topological polar surface area (TPSA) is 3.24 Å². The average molecular weight is 261 g/mol. The third-order valence-corrected chi connectivity index (χ3v) is 5.08. The molecule has 20 heavy (non-hydrogen) atoms. The summed E-state index contributed by atoms with van der Waals surface area (Å²) in [4.78, 5) is 2.60. The van der Waals surface area contributed by atoms with Crippen LogP contribution in [0.25, 0.3) is 0 Å². The summed E-state index contributed by atoms with van der Waals surface area (Å²) in [6.07, 6.45) is 3.14. The number of fused-ring (bicyclic) bond motifs is 7. The van der Waals surface area contributed by atoms with Crippen LogP contribution in [0.1, 0.15) is 35.2 Å². The molecular formula is C19H19N. The van der Waals surface area contributed by atoms with Crippen molar-refractivity contribution in [3.05, 3.63) is 83.4 Å². The standard InChI is InChI=1S/C19H19N/c1-3-12-20-18-13-14-8-4-6-10-16(14)19(20,2)17-11-7-5-9-15(17)18/h3-11,18H,1,12-13H2,2H3/t18-,19+/m1/s1. The van der Waals surface area contributed by atoms with Crippen molar-refractivity contribution in [3.63, 3.8) is 0 Å². The first-order valence-corrected chi connectivity index (χ1v) is 7.32. The fourth-order valence-electron chi connectivity index (χ4n) is 4.22. The highest BCUT2D eigenvalue weighted by molar-refractivity contribution is 5.54. The first kappa shape index (κ1) is 11.9. The van der Waals surface area contributed by atoms with Gasteiger partial charge in [0.1, 0.15) is 0 Å². The van der Waals surface area contributed by atoms with Gasteiger partial charge < -0.3 is 0 Å². The molecule has 0 radical (unpaired) electrons. The molecule has 2 aromatic carbocycles. The van der Waals surface area contributed by atoms with Crippen LogP contribution >= 0.6 is 0 Å². The summed E-state index contributed by atoms with van der Waals surface area (Å²) < 4.78 is 0. The summed E-state index contributed by atoms with van der Waals surface area (Å²) in [7, 11) is 0. The first-order chi connectivity index (χ1) is 9.76. The zero-order chi connectivity index (χ0) is 13.7. The predicted molar refractivity (Wildman–Crippen MR) is 82.7 cm³/mol. The van der Waals surface area contributed by atoms with Crippen molar-refractivity contribution in [2.75, 3.05) is 6.54 Å². The lowest BCUT2D eigenvalue weighted by atomic mass is 9.80. The van der Waals surface area contributed by atoms with E-state index in [1.165, 1.54) is 22.3 Å². The fraction of sp³-hybridized carbons (Fsp3) is 0.263. The normalized spacial score (nSPS) is 26.9. The molecular weight excluding hydrogens is 242 g/mol. The molecule has 1 heteroatoms. The van der Waals surface area contributed by atoms with E-state index >= 15 is 0 Å². The minimum atomic E-state index is -0.00963. The third-order valence-electron chi connectivity index (χ3n) is 5.08. The van der Waals surface area contributed by atoms with Crippen molar-refractivity contribution in [3.8, 4) is 0 Å². The van der Waals surface area contributed by atoms with Gasteiger partial charge in [0.2, 0.25) is 0 Å². The number of nitrogens with zero attached hydrogens (tertiary/aromatic N) is 1. The lowest BCUT2D eigenvalue weighted by molar-refractivity contribution is 0.112. The van der Waals surface area contributed by atoms with Gasteiger partial charge in [-0.3, -0.25) is 4.90 Å². The van der Waals surface area contributed by atoms with Gasteiger partial charge in [-0.05, 0) is 35.6 Å². The zero-order valence-electron chi connectivity index (χ0n) is 11.8. The van der Waals surface area contributed by atoms with Crippen molar-refractivity contribution in [1.82, 2.24) is 4.90 Å². The smallest absolute Gasteiger partial charge is 0.0700 e. The Kier molecular flexibility index (Phi) is 2.42. The van der Waals surface area contributed by atoms with E-state index in [9.17, 15) is 0 Å². The van der Waals surface area contributed by atoms with Crippen LogP contribution in [0.15, 0.2) is 61.2 Å². The Morgan fingerprint density at radius 3 is 2.65 bits per heavy atom. The second-order valence-corrected chi connectivity index (χ2v) is 5.98. The third kappa shape index (κ3) is 1.31. The van der Waals surface area contributed by atoms with Gasteiger partial charge in [0.05, 0.1) is 5.54 Å². The Morgan fingerprint density at radius 1 is 1.15 bits per heavy atom. The van der Waals surface area contributed by atoms with Gasteiger partial charge in [-0.15, -0.1) is 6.58 Å². The van der Waals surface area contributed by atoms with Crippen molar-refractivity contribution in [1.29, 1.82) is 0 Å². The molecule has 0 aliphatic carbocycles. The van der Waals surface area contributed by atoms with E-state index in [1.54, 1.807) is 0 Å². The summed E-state index contributed by atoms with van der Waals surface area (Å²) in [5.74, 6) is 0. The van der Waals surface area contributed by atoms with E-state index in [2.05, 4.69) is 66.9 Å². The van der Waals surface area contributed by atoms with Gasteiger partial charge in [0.15, 0.2) is 0 Å².